The summed E-state index contributed by atoms with van der Waals surface area (Å²) in [6.45, 7) is 0.918. The van der Waals surface area contributed by atoms with Gasteiger partial charge in [-0.15, -0.1) is 0 Å². The summed E-state index contributed by atoms with van der Waals surface area (Å²) in [7, 11) is -3.68. The lowest BCUT2D eigenvalue weighted by Crippen LogP contribution is -2.22. The second kappa shape index (κ2) is 7.05. The summed E-state index contributed by atoms with van der Waals surface area (Å²) >= 11 is 0. The van der Waals surface area contributed by atoms with Gasteiger partial charge in [-0.2, -0.15) is 13.9 Å². The van der Waals surface area contributed by atoms with E-state index in [9.17, 15) is 17.2 Å². The van der Waals surface area contributed by atoms with Gasteiger partial charge in [0.25, 0.3) is 0 Å². The number of nitrogens with one attached hydrogen (secondary N) is 1. The van der Waals surface area contributed by atoms with E-state index in [2.05, 4.69) is 14.6 Å². The number of halogens is 2. The number of nitrogens with zero attached hydrogens (tertiary/aromatic N) is 2. The summed E-state index contributed by atoms with van der Waals surface area (Å²) in [4.78, 5) is 0.0730. The van der Waals surface area contributed by atoms with E-state index in [-0.39, 0.29) is 23.2 Å². The van der Waals surface area contributed by atoms with Gasteiger partial charge in [-0.25, -0.2) is 13.1 Å². The van der Waals surface area contributed by atoms with Crippen LogP contribution in [0.15, 0.2) is 41.6 Å². The molecular formula is C14H17F2N3O3S. The highest BCUT2D eigenvalue weighted by Gasteiger charge is 2.17. The van der Waals surface area contributed by atoms with Gasteiger partial charge in [0.15, 0.2) is 0 Å². The Morgan fingerprint density at radius 3 is 2.43 bits per heavy atom. The van der Waals surface area contributed by atoms with E-state index < -0.39 is 16.6 Å². The van der Waals surface area contributed by atoms with Crippen LogP contribution in [-0.4, -0.2) is 24.8 Å². The number of rotatable bonds is 7. The summed E-state index contributed by atoms with van der Waals surface area (Å²) in [5.74, 6) is 0.0183. The van der Waals surface area contributed by atoms with Crippen molar-refractivity contribution in [3.05, 3.63) is 42.2 Å². The predicted molar refractivity (Wildman–Crippen MR) is 79.7 cm³/mol. The van der Waals surface area contributed by atoms with E-state index in [0.29, 0.717) is 5.56 Å². The normalized spacial score (nSPS) is 12.1. The maximum Gasteiger partial charge on any atom is 0.387 e. The predicted octanol–water partition coefficient (Wildman–Crippen LogP) is 2.54. The van der Waals surface area contributed by atoms with Crippen LogP contribution >= 0.6 is 0 Å². The van der Waals surface area contributed by atoms with E-state index >= 15 is 0 Å². The zero-order valence-corrected chi connectivity index (χ0v) is 13.4. The number of hydrogen-bond acceptors (Lipinski definition) is 4. The minimum Gasteiger partial charge on any atom is -0.435 e. The van der Waals surface area contributed by atoms with Crippen molar-refractivity contribution in [2.75, 3.05) is 0 Å². The van der Waals surface area contributed by atoms with Crippen LogP contribution in [0.2, 0.25) is 0 Å². The van der Waals surface area contributed by atoms with Crippen molar-refractivity contribution < 1.29 is 21.9 Å². The smallest absolute Gasteiger partial charge is 0.387 e. The zero-order valence-electron chi connectivity index (χ0n) is 12.6. The molecule has 0 aliphatic carbocycles. The molecule has 1 aromatic heterocycles. The van der Waals surface area contributed by atoms with Crippen LogP contribution in [0.25, 0.3) is 0 Å². The fourth-order valence-corrected chi connectivity index (χ4v) is 2.75. The maximum absolute atomic E-state index is 12.2. The van der Waals surface area contributed by atoms with E-state index in [1.165, 1.54) is 36.7 Å². The molecule has 0 radical (unpaired) electrons. The second-order valence-electron chi connectivity index (χ2n) is 5.10. The first-order valence-corrected chi connectivity index (χ1v) is 8.34. The molecule has 0 bridgehead atoms. The number of alkyl halides is 2. The van der Waals surface area contributed by atoms with Crippen LogP contribution < -0.4 is 9.46 Å². The molecule has 0 atom stereocenters. The molecule has 2 rings (SSSR count). The van der Waals surface area contributed by atoms with Crippen LogP contribution in [-0.2, 0) is 16.6 Å². The second-order valence-corrected chi connectivity index (χ2v) is 6.86. The fraction of sp³-hybridized carbons (Fsp3) is 0.357. The third-order valence-electron chi connectivity index (χ3n) is 3.03. The van der Waals surface area contributed by atoms with E-state index in [1.807, 2.05) is 13.8 Å². The standard InChI is InChI=1S/C14H17F2N3O3S/c1-10(2)19-9-13(8-17-19)23(20,21)18-7-11-3-5-12(6-4-11)22-14(15)16/h3-6,8-10,14,18H,7H2,1-2H3. The molecule has 9 heteroatoms. The molecule has 0 saturated carbocycles. The molecule has 0 unspecified atom stereocenters. The Morgan fingerprint density at radius 1 is 1.26 bits per heavy atom. The van der Waals surface area contributed by atoms with Crippen molar-refractivity contribution in [2.45, 2.75) is 37.9 Å². The first-order valence-electron chi connectivity index (χ1n) is 6.85. The summed E-state index contributed by atoms with van der Waals surface area (Å²) in [5, 5.41) is 3.99. The molecule has 1 aromatic carbocycles. The number of sulfonamides is 1. The fourth-order valence-electron chi connectivity index (χ4n) is 1.79. The number of ether oxygens (including phenoxy) is 1. The third kappa shape index (κ3) is 4.73. The van der Waals surface area contributed by atoms with Gasteiger partial charge in [-0.1, -0.05) is 12.1 Å². The number of aromatic nitrogens is 2. The topological polar surface area (TPSA) is 73.2 Å². The lowest BCUT2D eigenvalue weighted by Gasteiger charge is -2.07. The Balaban J connectivity index is 2.01. The van der Waals surface area contributed by atoms with Crippen LogP contribution in [0, 0.1) is 0 Å². The average molecular weight is 345 g/mol. The van der Waals surface area contributed by atoms with E-state index in [1.54, 1.807) is 4.68 Å². The lowest BCUT2D eigenvalue weighted by atomic mass is 10.2. The van der Waals surface area contributed by atoms with E-state index in [4.69, 9.17) is 0 Å². The van der Waals surface area contributed by atoms with Crippen molar-refractivity contribution >= 4 is 10.0 Å². The monoisotopic (exact) mass is 345 g/mol. The molecule has 23 heavy (non-hydrogen) atoms. The molecule has 6 nitrogen and oxygen atoms in total. The number of benzene rings is 1. The van der Waals surface area contributed by atoms with Crippen molar-refractivity contribution in [3.63, 3.8) is 0 Å². The van der Waals surface area contributed by atoms with Gasteiger partial charge in [-0.3, -0.25) is 4.68 Å². The van der Waals surface area contributed by atoms with Gasteiger partial charge in [-0.05, 0) is 31.5 Å². The molecule has 2 aromatic rings. The van der Waals surface area contributed by atoms with Gasteiger partial charge in [0.2, 0.25) is 10.0 Å². The van der Waals surface area contributed by atoms with Crippen LogP contribution in [0.4, 0.5) is 8.78 Å². The molecule has 0 spiro atoms. The van der Waals surface area contributed by atoms with Crippen molar-refractivity contribution in [1.29, 1.82) is 0 Å². The minimum absolute atomic E-state index is 0.0183. The zero-order chi connectivity index (χ0) is 17.0. The van der Waals surface area contributed by atoms with Crippen molar-refractivity contribution in [1.82, 2.24) is 14.5 Å². The largest absolute Gasteiger partial charge is 0.435 e. The summed E-state index contributed by atoms with van der Waals surface area (Å²) in [6, 6.07) is 5.79. The molecule has 0 aliphatic rings. The highest BCUT2D eigenvalue weighted by atomic mass is 32.2. The first-order chi connectivity index (χ1) is 10.8. The lowest BCUT2D eigenvalue weighted by molar-refractivity contribution is -0.0498. The Morgan fingerprint density at radius 2 is 1.91 bits per heavy atom. The molecule has 0 amide bonds. The third-order valence-corrected chi connectivity index (χ3v) is 4.39. The number of hydrogen-bond donors (Lipinski definition) is 1. The molecule has 0 fully saturated rings. The quantitative estimate of drug-likeness (QED) is 0.837. The van der Waals surface area contributed by atoms with Gasteiger partial charge < -0.3 is 4.74 Å². The summed E-state index contributed by atoms with van der Waals surface area (Å²) in [5.41, 5.74) is 0.617. The first kappa shape index (κ1) is 17.4. The van der Waals surface area contributed by atoms with Crippen LogP contribution in [0.1, 0.15) is 25.5 Å². The molecule has 0 saturated heterocycles. The van der Waals surface area contributed by atoms with Crippen molar-refractivity contribution in [3.8, 4) is 5.75 Å². The molecule has 126 valence electrons. The molecular weight excluding hydrogens is 328 g/mol. The molecule has 1 N–H and O–H groups in total. The Kier molecular flexibility index (Phi) is 5.32. The van der Waals surface area contributed by atoms with Gasteiger partial charge >= 0.3 is 6.61 Å². The SMILES string of the molecule is CC(C)n1cc(S(=O)(=O)NCc2ccc(OC(F)F)cc2)cn1. The van der Waals surface area contributed by atoms with Crippen LogP contribution in [0.3, 0.4) is 0 Å². The highest BCUT2D eigenvalue weighted by Crippen LogP contribution is 2.16. The maximum atomic E-state index is 12.2. The summed E-state index contributed by atoms with van der Waals surface area (Å²) in [6.07, 6.45) is 2.73. The van der Waals surface area contributed by atoms with Crippen molar-refractivity contribution in [2.24, 2.45) is 0 Å². The minimum atomic E-state index is -3.68. The Labute approximate surface area is 133 Å². The van der Waals surface area contributed by atoms with Gasteiger partial charge in [0, 0.05) is 18.8 Å². The molecule has 0 aliphatic heterocycles. The molecule has 1 heterocycles. The Bertz CT molecular complexity index is 743. The van der Waals surface area contributed by atoms with Crippen LogP contribution in [0.5, 0.6) is 5.75 Å². The van der Waals surface area contributed by atoms with E-state index in [0.717, 1.165) is 0 Å². The highest BCUT2D eigenvalue weighted by molar-refractivity contribution is 7.89. The van der Waals surface area contributed by atoms with Gasteiger partial charge in [0.1, 0.15) is 10.6 Å². The van der Waals surface area contributed by atoms with Gasteiger partial charge in [0.05, 0.1) is 6.20 Å². The summed E-state index contributed by atoms with van der Waals surface area (Å²) < 4.78 is 56.6. The average Bonchev–Trinajstić information content (AvgIpc) is 2.97. The Hall–Kier alpha value is -2.00.